The van der Waals surface area contributed by atoms with Crippen LogP contribution in [0.1, 0.15) is 36.5 Å². The van der Waals surface area contributed by atoms with Crippen LogP contribution in [-0.2, 0) is 9.59 Å². The first-order valence-corrected chi connectivity index (χ1v) is 7.50. The molecule has 3 amide bonds. The van der Waals surface area contributed by atoms with E-state index in [9.17, 15) is 14.4 Å². The summed E-state index contributed by atoms with van der Waals surface area (Å²) in [4.78, 5) is 36.3. The second-order valence-electron chi connectivity index (χ2n) is 5.36. The van der Waals surface area contributed by atoms with E-state index < -0.39 is 0 Å². The fourth-order valence-corrected chi connectivity index (χ4v) is 2.46. The van der Waals surface area contributed by atoms with Crippen LogP contribution in [0.3, 0.4) is 0 Å². The molecule has 1 aromatic carbocycles. The Kier molecular flexibility index (Phi) is 5.52. The summed E-state index contributed by atoms with van der Waals surface area (Å²) in [5, 5.41) is 5.47. The summed E-state index contributed by atoms with van der Waals surface area (Å²) in [5.41, 5.74) is 1.10. The Morgan fingerprint density at radius 2 is 2.14 bits per heavy atom. The predicted molar refractivity (Wildman–Crippen MR) is 83.5 cm³/mol. The highest BCUT2D eigenvalue weighted by molar-refractivity contribution is 5.96. The normalized spacial score (nSPS) is 14.0. The topological polar surface area (TPSA) is 78.5 Å². The van der Waals surface area contributed by atoms with Crippen LogP contribution in [0.2, 0.25) is 0 Å². The molecule has 0 saturated carbocycles. The van der Waals surface area contributed by atoms with Gasteiger partial charge >= 0.3 is 0 Å². The summed E-state index contributed by atoms with van der Waals surface area (Å²) < 4.78 is 0. The van der Waals surface area contributed by atoms with Crippen LogP contribution < -0.4 is 10.6 Å². The maximum absolute atomic E-state index is 12.0. The van der Waals surface area contributed by atoms with Gasteiger partial charge in [0.25, 0.3) is 5.91 Å². The van der Waals surface area contributed by atoms with Crippen LogP contribution in [0.15, 0.2) is 24.3 Å². The molecule has 0 spiro atoms. The fraction of sp³-hybridized carbons (Fsp3) is 0.438. The van der Waals surface area contributed by atoms with Gasteiger partial charge in [0.1, 0.15) is 0 Å². The van der Waals surface area contributed by atoms with E-state index in [2.05, 4.69) is 10.6 Å². The largest absolute Gasteiger partial charge is 0.352 e. The summed E-state index contributed by atoms with van der Waals surface area (Å²) >= 11 is 0. The maximum atomic E-state index is 12.0. The number of anilines is 1. The van der Waals surface area contributed by atoms with E-state index in [-0.39, 0.29) is 17.7 Å². The van der Waals surface area contributed by atoms with Crippen molar-refractivity contribution in [3.05, 3.63) is 29.8 Å². The summed E-state index contributed by atoms with van der Waals surface area (Å²) in [6, 6.07) is 6.80. The van der Waals surface area contributed by atoms with Crippen molar-refractivity contribution in [1.82, 2.24) is 10.2 Å². The molecular formula is C16H21N3O3. The van der Waals surface area contributed by atoms with Gasteiger partial charge in [0.05, 0.1) is 0 Å². The Morgan fingerprint density at radius 1 is 1.32 bits per heavy atom. The van der Waals surface area contributed by atoms with Gasteiger partial charge in [0.15, 0.2) is 0 Å². The zero-order valence-corrected chi connectivity index (χ0v) is 12.7. The number of carbonyl (C=O) groups is 3. The Bertz CT molecular complexity index is 572. The van der Waals surface area contributed by atoms with Gasteiger partial charge in [-0.1, -0.05) is 6.07 Å². The van der Waals surface area contributed by atoms with Crippen molar-refractivity contribution in [2.24, 2.45) is 0 Å². The minimum atomic E-state index is -0.181. The van der Waals surface area contributed by atoms with E-state index in [1.165, 1.54) is 6.92 Å². The zero-order valence-electron chi connectivity index (χ0n) is 12.7. The molecule has 6 nitrogen and oxygen atoms in total. The van der Waals surface area contributed by atoms with Crippen LogP contribution in [-0.4, -0.2) is 42.3 Å². The second-order valence-corrected chi connectivity index (χ2v) is 5.36. The van der Waals surface area contributed by atoms with Gasteiger partial charge in [0.2, 0.25) is 11.8 Å². The van der Waals surface area contributed by atoms with Gasteiger partial charge in [-0.2, -0.15) is 0 Å². The minimum absolute atomic E-state index is 0.173. The smallest absolute Gasteiger partial charge is 0.251 e. The molecule has 0 aromatic heterocycles. The van der Waals surface area contributed by atoms with Crippen LogP contribution >= 0.6 is 0 Å². The number of nitrogens with zero attached hydrogens (tertiary/aromatic N) is 1. The van der Waals surface area contributed by atoms with Crippen LogP contribution in [0.25, 0.3) is 0 Å². The van der Waals surface area contributed by atoms with Crippen molar-refractivity contribution in [1.29, 1.82) is 0 Å². The SMILES string of the molecule is CC(=O)Nc1cccc(C(=O)NCCCN2CCCC2=O)c1. The van der Waals surface area contributed by atoms with Gasteiger partial charge in [0, 0.05) is 44.2 Å². The molecule has 0 atom stereocenters. The van der Waals surface area contributed by atoms with E-state index >= 15 is 0 Å². The molecule has 1 fully saturated rings. The average Bonchev–Trinajstić information content (AvgIpc) is 2.88. The Labute approximate surface area is 129 Å². The third-order valence-corrected chi connectivity index (χ3v) is 3.51. The van der Waals surface area contributed by atoms with E-state index in [4.69, 9.17) is 0 Å². The standard InChI is InChI=1S/C16H21N3O3/c1-12(20)18-14-6-2-5-13(11-14)16(22)17-8-4-10-19-9-3-7-15(19)21/h2,5-6,11H,3-4,7-10H2,1H3,(H,17,22)(H,18,20). The lowest BCUT2D eigenvalue weighted by Gasteiger charge is -2.15. The van der Waals surface area contributed by atoms with Crippen LogP contribution in [0.5, 0.6) is 0 Å². The molecule has 2 N–H and O–H groups in total. The molecule has 118 valence electrons. The summed E-state index contributed by atoms with van der Waals surface area (Å²) in [7, 11) is 0. The van der Waals surface area contributed by atoms with Crippen LogP contribution in [0.4, 0.5) is 5.69 Å². The first kappa shape index (κ1) is 16.0. The van der Waals surface area contributed by atoms with Gasteiger partial charge in [-0.15, -0.1) is 0 Å². The van der Waals surface area contributed by atoms with Gasteiger partial charge in [-0.3, -0.25) is 14.4 Å². The number of benzene rings is 1. The van der Waals surface area contributed by atoms with E-state index in [1.807, 2.05) is 4.90 Å². The Balaban J connectivity index is 1.77. The quantitative estimate of drug-likeness (QED) is 0.779. The number of amides is 3. The molecule has 1 aromatic rings. The first-order valence-electron chi connectivity index (χ1n) is 7.50. The summed E-state index contributed by atoms with van der Waals surface area (Å²) in [5.74, 6) is -0.151. The lowest BCUT2D eigenvalue weighted by molar-refractivity contribution is -0.127. The maximum Gasteiger partial charge on any atom is 0.251 e. The van der Waals surface area contributed by atoms with Crippen molar-refractivity contribution < 1.29 is 14.4 Å². The highest BCUT2D eigenvalue weighted by atomic mass is 16.2. The van der Waals surface area contributed by atoms with E-state index in [0.717, 1.165) is 19.4 Å². The lowest BCUT2D eigenvalue weighted by Crippen LogP contribution is -2.30. The number of likely N-dealkylation sites (tertiary alicyclic amines) is 1. The van der Waals surface area contributed by atoms with Gasteiger partial charge in [-0.05, 0) is 31.0 Å². The molecule has 0 radical (unpaired) electrons. The lowest BCUT2D eigenvalue weighted by atomic mass is 10.2. The highest BCUT2D eigenvalue weighted by Gasteiger charge is 2.19. The third kappa shape index (κ3) is 4.58. The number of nitrogens with one attached hydrogen (secondary N) is 2. The molecule has 1 aliphatic heterocycles. The highest BCUT2D eigenvalue weighted by Crippen LogP contribution is 2.11. The van der Waals surface area contributed by atoms with Crippen LogP contribution in [0, 0.1) is 0 Å². The summed E-state index contributed by atoms with van der Waals surface area (Å²) in [6.45, 7) is 3.45. The number of hydrogen-bond acceptors (Lipinski definition) is 3. The Morgan fingerprint density at radius 3 is 2.82 bits per heavy atom. The molecule has 1 aliphatic rings. The number of carbonyl (C=O) groups excluding carboxylic acids is 3. The monoisotopic (exact) mass is 303 g/mol. The van der Waals surface area contributed by atoms with E-state index in [1.54, 1.807) is 24.3 Å². The zero-order chi connectivity index (χ0) is 15.9. The van der Waals surface area contributed by atoms with Gasteiger partial charge < -0.3 is 15.5 Å². The van der Waals surface area contributed by atoms with Crippen molar-refractivity contribution in [2.45, 2.75) is 26.2 Å². The fourth-order valence-electron chi connectivity index (χ4n) is 2.46. The van der Waals surface area contributed by atoms with Crippen molar-refractivity contribution in [3.8, 4) is 0 Å². The molecule has 0 aliphatic carbocycles. The van der Waals surface area contributed by atoms with Crippen molar-refractivity contribution >= 4 is 23.4 Å². The predicted octanol–water partition coefficient (Wildman–Crippen LogP) is 1.39. The molecule has 1 saturated heterocycles. The molecule has 0 unspecified atom stereocenters. The molecule has 1 heterocycles. The average molecular weight is 303 g/mol. The molecular weight excluding hydrogens is 282 g/mol. The second kappa shape index (κ2) is 7.59. The Hall–Kier alpha value is -2.37. The minimum Gasteiger partial charge on any atom is -0.352 e. The molecule has 2 rings (SSSR count). The van der Waals surface area contributed by atoms with Gasteiger partial charge in [-0.25, -0.2) is 0 Å². The van der Waals surface area contributed by atoms with Crippen molar-refractivity contribution in [2.75, 3.05) is 25.0 Å². The first-order chi connectivity index (χ1) is 10.6. The molecule has 0 bridgehead atoms. The molecule has 6 heteroatoms. The number of rotatable bonds is 6. The summed E-state index contributed by atoms with van der Waals surface area (Å²) in [6.07, 6.45) is 2.31. The third-order valence-electron chi connectivity index (χ3n) is 3.51. The number of hydrogen-bond donors (Lipinski definition) is 2. The molecule has 22 heavy (non-hydrogen) atoms. The van der Waals surface area contributed by atoms with Crippen molar-refractivity contribution in [3.63, 3.8) is 0 Å². The van der Waals surface area contributed by atoms with E-state index in [0.29, 0.717) is 30.8 Å².